The molecule has 0 amide bonds. The highest BCUT2D eigenvalue weighted by molar-refractivity contribution is 7.19. The lowest BCUT2D eigenvalue weighted by molar-refractivity contribution is 0.475. The fraction of sp³-hybridized carbons (Fsp3) is 0.100. The second-order valence-electron chi connectivity index (χ2n) is 6.02. The number of phenols is 1. The van der Waals surface area contributed by atoms with Crippen molar-refractivity contribution in [3.63, 3.8) is 0 Å². The van der Waals surface area contributed by atoms with Gasteiger partial charge in [0.25, 0.3) is 0 Å². The van der Waals surface area contributed by atoms with E-state index >= 15 is 0 Å². The lowest BCUT2D eigenvalue weighted by Gasteiger charge is -2.10. The maximum absolute atomic E-state index is 13.3. The number of anilines is 2. The number of rotatable bonds is 3. The number of phenolic OH excluding ortho intramolecular Hbond substituents is 1. The van der Waals surface area contributed by atoms with E-state index in [9.17, 15) is 9.50 Å². The number of hydrogen-bond acceptors (Lipinski definition) is 5. The zero-order valence-electron chi connectivity index (χ0n) is 14.2. The molecule has 0 aliphatic carbocycles. The highest BCUT2D eigenvalue weighted by Crippen LogP contribution is 2.41. The SMILES string of the molecule is Cc1nc(Nc2cccc(O)c2)c2c(-c3ccc(F)cc3)c(C)sc2n1. The van der Waals surface area contributed by atoms with Crippen LogP contribution in [0.1, 0.15) is 10.7 Å². The van der Waals surface area contributed by atoms with Gasteiger partial charge < -0.3 is 10.4 Å². The molecule has 4 aromatic rings. The summed E-state index contributed by atoms with van der Waals surface area (Å²) < 4.78 is 13.3. The van der Waals surface area contributed by atoms with Gasteiger partial charge in [0.15, 0.2) is 0 Å². The van der Waals surface area contributed by atoms with Crippen LogP contribution in [0.15, 0.2) is 48.5 Å². The minimum Gasteiger partial charge on any atom is -0.508 e. The molecule has 0 radical (unpaired) electrons. The highest BCUT2D eigenvalue weighted by Gasteiger charge is 2.18. The maximum Gasteiger partial charge on any atom is 0.143 e. The molecule has 6 heteroatoms. The van der Waals surface area contributed by atoms with Crippen LogP contribution >= 0.6 is 11.3 Å². The quantitative estimate of drug-likeness (QED) is 0.499. The van der Waals surface area contributed by atoms with Crippen LogP contribution in [0.4, 0.5) is 15.9 Å². The number of aromatic hydroxyl groups is 1. The summed E-state index contributed by atoms with van der Waals surface area (Å²) in [4.78, 5) is 11.1. The van der Waals surface area contributed by atoms with Gasteiger partial charge in [-0.1, -0.05) is 18.2 Å². The summed E-state index contributed by atoms with van der Waals surface area (Å²) in [6.45, 7) is 3.87. The molecule has 26 heavy (non-hydrogen) atoms. The molecule has 130 valence electrons. The largest absolute Gasteiger partial charge is 0.508 e. The standard InChI is InChI=1S/C20H16FN3OS/c1-11-17(13-6-8-14(21)9-7-13)18-19(22-12(2)23-20(18)26-11)24-15-4-3-5-16(25)10-15/h3-10,25H,1-2H3,(H,22,23,24). The van der Waals surface area contributed by atoms with Crippen LogP contribution in [0.3, 0.4) is 0 Å². The zero-order chi connectivity index (χ0) is 18.3. The van der Waals surface area contributed by atoms with Crippen molar-refractivity contribution in [1.82, 2.24) is 9.97 Å². The molecule has 0 saturated heterocycles. The van der Waals surface area contributed by atoms with Crippen LogP contribution in [-0.4, -0.2) is 15.1 Å². The lowest BCUT2D eigenvalue weighted by atomic mass is 10.0. The van der Waals surface area contributed by atoms with Crippen molar-refractivity contribution in [3.05, 3.63) is 65.0 Å². The molecule has 0 fully saturated rings. The Hall–Kier alpha value is -2.99. The number of aromatic nitrogens is 2. The Balaban J connectivity index is 1.93. The van der Waals surface area contributed by atoms with Crippen molar-refractivity contribution < 1.29 is 9.50 Å². The molecular formula is C20H16FN3OS. The number of thiophene rings is 1. The third-order valence-corrected chi connectivity index (χ3v) is 5.08. The Labute approximate surface area is 154 Å². The van der Waals surface area contributed by atoms with Crippen LogP contribution in [0.25, 0.3) is 21.3 Å². The van der Waals surface area contributed by atoms with Gasteiger partial charge in [-0.3, -0.25) is 0 Å². The van der Waals surface area contributed by atoms with E-state index in [1.807, 2.05) is 19.9 Å². The number of nitrogens with one attached hydrogen (secondary N) is 1. The maximum atomic E-state index is 13.3. The first-order chi connectivity index (χ1) is 12.5. The first kappa shape index (κ1) is 16.5. The van der Waals surface area contributed by atoms with Gasteiger partial charge in [0.1, 0.15) is 28.0 Å². The molecule has 0 aliphatic rings. The number of benzene rings is 2. The summed E-state index contributed by atoms with van der Waals surface area (Å²) in [5, 5.41) is 13.9. The topological polar surface area (TPSA) is 58.0 Å². The fourth-order valence-electron chi connectivity index (χ4n) is 2.99. The van der Waals surface area contributed by atoms with Gasteiger partial charge in [-0.25, -0.2) is 14.4 Å². The van der Waals surface area contributed by atoms with Gasteiger partial charge >= 0.3 is 0 Å². The monoisotopic (exact) mass is 365 g/mol. The molecule has 4 nitrogen and oxygen atoms in total. The highest BCUT2D eigenvalue weighted by atomic mass is 32.1. The van der Waals surface area contributed by atoms with Crippen molar-refractivity contribution in [2.75, 3.05) is 5.32 Å². The first-order valence-electron chi connectivity index (χ1n) is 8.11. The number of halogens is 1. The third-order valence-electron chi connectivity index (χ3n) is 4.08. The summed E-state index contributed by atoms with van der Waals surface area (Å²) in [6.07, 6.45) is 0. The number of fused-ring (bicyclic) bond motifs is 1. The number of aryl methyl sites for hydroxylation is 2. The van der Waals surface area contributed by atoms with Crippen LogP contribution in [-0.2, 0) is 0 Å². The van der Waals surface area contributed by atoms with Gasteiger partial charge in [0.2, 0.25) is 0 Å². The molecular weight excluding hydrogens is 349 g/mol. The van der Waals surface area contributed by atoms with Crippen LogP contribution < -0.4 is 5.32 Å². The Morgan fingerprint density at radius 1 is 1.04 bits per heavy atom. The van der Waals surface area contributed by atoms with E-state index in [0.717, 1.165) is 31.9 Å². The first-order valence-corrected chi connectivity index (χ1v) is 8.92. The zero-order valence-corrected chi connectivity index (χ0v) is 15.1. The molecule has 2 N–H and O–H groups in total. The van der Waals surface area contributed by atoms with Crippen molar-refractivity contribution in [3.8, 4) is 16.9 Å². The lowest BCUT2D eigenvalue weighted by Crippen LogP contribution is -1.98. The molecule has 2 aromatic carbocycles. The summed E-state index contributed by atoms with van der Waals surface area (Å²) >= 11 is 1.59. The average molecular weight is 365 g/mol. The Kier molecular flexibility index (Phi) is 4.05. The normalized spacial score (nSPS) is 11.0. The second-order valence-corrected chi connectivity index (χ2v) is 7.22. The van der Waals surface area contributed by atoms with E-state index in [4.69, 9.17) is 0 Å². The van der Waals surface area contributed by atoms with Gasteiger partial charge in [-0.05, 0) is 43.7 Å². The van der Waals surface area contributed by atoms with E-state index in [2.05, 4.69) is 15.3 Å². The molecule has 0 unspecified atom stereocenters. The second kappa shape index (κ2) is 6.38. The average Bonchev–Trinajstić information content (AvgIpc) is 2.91. The summed E-state index contributed by atoms with van der Waals surface area (Å²) in [5.74, 6) is 1.24. The van der Waals surface area contributed by atoms with E-state index in [0.29, 0.717) is 11.6 Å². The van der Waals surface area contributed by atoms with Gasteiger partial charge in [-0.15, -0.1) is 11.3 Å². The van der Waals surface area contributed by atoms with Gasteiger partial charge in [0.05, 0.1) is 5.39 Å². The molecule has 0 bridgehead atoms. The van der Waals surface area contributed by atoms with E-state index < -0.39 is 0 Å². The summed E-state index contributed by atoms with van der Waals surface area (Å²) in [6, 6.07) is 13.3. The molecule has 4 rings (SSSR count). The van der Waals surface area contributed by atoms with Crippen molar-refractivity contribution >= 4 is 33.1 Å². The Bertz CT molecular complexity index is 1110. The van der Waals surface area contributed by atoms with Crippen LogP contribution in [0, 0.1) is 19.7 Å². The van der Waals surface area contributed by atoms with Crippen molar-refractivity contribution in [1.29, 1.82) is 0 Å². The summed E-state index contributed by atoms with van der Waals surface area (Å²) in [7, 11) is 0. The van der Waals surface area contributed by atoms with Crippen molar-refractivity contribution in [2.45, 2.75) is 13.8 Å². The molecule has 2 heterocycles. The molecule has 0 spiro atoms. The van der Waals surface area contributed by atoms with Crippen LogP contribution in [0.5, 0.6) is 5.75 Å². The minimum absolute atomic E-state index is 0.178. The third kappa shape index (κ3) is 2.99. The predicted octanol–water partition coefficient (Wildman–Crippen LogP) is 5.56. The van der Waals surface area contributed by atoms with Gasteiger partial charge in [0, 0.05) is 22.2 Å². The number of hydrogen-bond donors (Lipinski definition) is 2. The summed E-state index contributed by atoms with van der Waals surface area (Å²) in [5.41, 5.74) is 2.65. The molecule has 2 aromatic heterocycles. The molecule has 0 atom stereocenters. The fourth-order valence-corrected chi connectivity index (χ4v) is 4.08. The predicted molar refractivity (Wildman–Crippen MR) is 104 cm³/mol. The molecule has 0 saturated carbocycles. The van der Waals surface area contributed by atoms with Gasteiger partial charge in [-0.2, -0.15) is 0 Å². The smallest absolute Gasteiger partial charge is 0.143 e. The van der Waals surface area contributed by atoms with E-state index in [1.165, 1.54) is 12.1 Å². The van der Waals surface area contributed by atoms with E-state index in [1.54, 1.807) is 41.7 Å². The molecule has 0 aliphatic heterocycles. The van der Waals surface area contributed by atoms with Crippen LogP contribution in [0.2, 0.25) is 0 Å². The van der Waals surface area contributed by atoms with E-state index in [-0.39, 0.29) is 11.6 Å². The van der Waals surface area contributed by atoms with Crippen molar-refractivity contribution in [2.24, 2.45) is 0 Å². The number of nitrogens with zero attached hydrogens (tertiary/aromatic N) is 2. The minimum atomic E-state index is -0.267. The Morgan fingerprint density at radius 3 is 2.54 bits per heavy atom. The Morgan fingerprint density at radius 2 is 1.81 bits per heavy atom.